The Morgan fingerprint density at radius 3 is 2.78 bits per heavy atom. The van der Waals surface area contributed by atoms with Gasteiger partial charge in [0.05, 0.1) is 0 Å². The van der Waals surface area contributed by atoms with Crippen LogP contribution >= 0.6 is 11.6 Å². The van der Waals surface area contributed by atoms with Gasteiger partial charge < -0.3 is 15.1 Å². The van der Waals surface area contributed by atoms with Crippen molar-refractivity contribution in [2.24, 2.45) is 0 Å². The summed E-state index contributed by atoms with van der Waals surface area (Å²) in [4.78, 5) is 17.2. The highest BCUT2D eigenvalue weighted by molar-refractivity contribution is 6.32. The summed E-state index contributed by atoms with van der Waals surface area (Å²) in [5, 5.41) is 3.99. The number of hydrogen-bond donors (Lipinski definition) is 1. The SMILES string of the molecule is CN1CCN(CCCN/C=C2\Cc3c(Cl)cccc3C2=O)CC1. The summed E-state index contributed by atoms with van der Waals surface area (Å²) in [5.74, 6) is 0.106. The van der Waals surface area contributed by atoms with E-state index in [2.05, 4.69) is 22.2 Å². The quantitative estimate of drug-likeness (QED) is 0.662. The summed E-state index contributed by atoms with van der Waals surface area (Å²) in [6, 6.07) is 5.54. The van der Waals surface area contributed by atoms with E-state index in [0.29, 0.717) is 11.4 Å². The summed E-state index contributed by atoms with van der Waals surface area (Å²) < 4.78 is 0. The maximum absolute atomic E-state index is 12.3. The van der Waals surface area contributed by atoms with Gasteiger partial charge in [-0.15, -0.1) is 0 Å². The number of allylic oxidation sites excluding steroid dienone is 1. The average molecular weight is 334 g/mol. The Morgan fingerprint density at radius 2 is 2.04 bits per heavy atom. The maximum atomic E-state index is 12.3. The minimum Gasteiger partial charge on any atom is -0.391 e. The van der Waals surface area contributed by atoms with Crippen LogP contribution in [0, 0.1) is 0 Å². The first kappa shape index (κ1) is 16.5. The number of halogens is 1. The smallest absolute Gasteiger partial charge is 0.191 e. The van der Waals surface area contributed by atoms with Gasteiger partial charge in [-0.1, -0.05) is 23.7 Å². The van der Waals surface area contributed by atoms with Gasteiger partial charge >= 0.3 is 0 Å². The van der Waals surface area contributed by atoms with Crippen LogP contribution < -0.4 is 5.32 Å². The van der Waals surface area contributed by atoms with Gasteiger partial charge in [0.15, 0.2) is 5.78 Å². The average Bonchev–Trinajstić information content (AvgIpc) is 2.87. The second-order valence-corrected chi connectivity index (χ2v) is 6.80. The molecule has 1 N–H and O–H groups in total. The van der Waals surface area contributed by atoms with Crippen molar-refractivity contribution in [2.75, 3.05) is 46.3 Å². The lowest BCUT2D eigenvalue weighted by Gasteiger charge is -2.32. The van der Waals surface area contributed by atoms with Crippen LogP contribution in [0.25, 0.3) is 0 Å². The van der Waals surface area contributed by atoms with E-state index in [0.717, 1.165) is 62.4 Å². The van der Waals surface area contributed by atoms with E-state index < -0.39 is 0 Å². The van der Waals surface area contributed by atoms with Crippen molar-refractivity contribution < 1.29 is 4.79 Å². The fraction of sp³-hybridized carbons (Fsp3) is 0.500. The zero-order valence-corrected chi connectivity index (χ0v) is 14.4. The number of carbonyl (C=O) groups is 1. The first-order valence-corrected chi connectivity index (χ1v) is 8.68. The molecule has 0 saturated carbocycles. The number of benzene rings is 1. The molecule has 0 atom stereocenters. The van der Waals surface area contributed by atoms with Crippen molar-refractivity contribution in [3.8, 4) is 0 Å². The third-order valence-electron chi connectivity index (χ3n) is 4.69. The molecule has 1 saturated heterocycles. The topological polar surface area (TPSA) is 35.6 Å². The van der Waals surface area contributed by atoms with E-state index in [1.165, 1.54) is 0 Å². The molecular weight excluding hydrogens is 310 g/mol. The predicted octanol–water partition coefficient (Wildman–Crippen LogP) is 2.19. The van der Waals surface area contributed by atoms with Crippen LogP contribution in [0.15, 0.2) is 30.0 Å². The number of likely N-dealkylation sites (N-methyl/N-ethyl adjacent to an activating group) is 1. The zero-order chi connectivity index (χ0) is 16.2. The van der Waals surface area contributed by atoms with Gasteiger partial charge in [-0.2, -0.15) is 0 Å². The molecule has 1 heterocycles. The molecule has 1 aromatic carbocycles. The van der Waals surface area contributed by atoms with Crippen molar-refractivity contribution in [1.82, 2.24) is 15.1 Å². The highest BCUT2D eigenvalue weighted by Crippen LogP contribution is 2.31. The molecular formula is C18H24ClN3O. The molecule has 4 nitrogen and oxygen atoms in total. The van der Waals surface area contributed by atoms with E-state index in [9.17, 15) is 4.79 Å². The normalized spacial score (nSPS) is 21.0. The molecule has 0 bridgehead atoms. The molecule has 0 radical (unpaired) electrons. The van der Waals surface area contributed by atoms with Gasteiger partial charge in [0.25, 0.3) is 0 Å². The molecule has 1 aliphatic carbocycles. The summed E-state index contributed by atoms with van der Waals surface area (Å²) in [5.41, 5.74) is 2.53. The summed E-state index contributed by atoms with van der Waals surface area (Å²) in [7, 11) is 2.17. The molecule has 1 fully saturated rings. The monoisotopic (exact) mass is 333 g/mol. The Hall–Kier alpha value is -1.36. The number of piperazine rings is 1. The number of ketones is 1. The van der Waals surface area contributed by atoms with Crippen LogP contribution in [0.3, 0.4) is 0 Å². The maximum Gasteiger partial charge on any atom is 0.191 e. The van der Waals surface area contributed by atoms with Gasteiger partial charge in [0, 0.05) is 61.5 Å². The van der Waals surface area contributed by atoms with Gasteiger partial charge in [0.2, 0.25) is 0 Å². The standard InChI is InChI=1S/C18H24ClN3O/c1-21-8-10-22(11-9-21)7-3-6-20-13-14-12-16-15(18(14)23)4-2-5-17(16)19/h2,4-5,13,20H,3,6-12H2,1H3/b14-13+. The molecule has 0 amide bonds. The minimum absolute atomic E-state index is 0.106. The third kappa shape index (κ3) is 3.94. The summed E-state index contributed by atoms with van der Waals surface area (Å²) >= 11 is 6.17. The van der Waals surface area contributed by atoms with Crippen LogP contribution in [0.5, 0.6) is 0 Å². The Balaban J connectivity index is 1.43. The van der Waals surface area contributed by atoms with E-state index in [4.69, 9.17) is 11.6 Å². The van der Waals surface area contributed by atoms with Crippen molar-refractivity contribution in [1.29, 1.82) is 0 Å². The molecule has 3 rings (SSSR count). The number of rotatable bonds is 5. The molecule has 5 heteroatoms. The number of fused-ring (bicyclic) bond motifs is 1. The van der Waals surface area contributed by atoms with Crippen LogP contribution in [0.4, 0.5) is 0 Å². The lowest BCUT2D eigenvalue weighted by atomic mass is 10.1. The Morgan fingerprint density at radius 1 is 1.26 bits per heavy atom. The molecule has 23 heavy (non-hydrogen) atoms. The first-order chi connectivity index (χ1) is 11.1. The van der Waals surface area contributed by atoms with Crippen molar-refractivity contribution in [3.63, 3.8) is 0 Å². The number of Topliss-reactive ketones (excluding diaryl/α,β-unsaturated/α-hetero) is 1. The lowest BCUT2D eigenvalue weighted by Crippen LogP contribution is -2.45. The van der Waals surface area contributed by atoms with Crippen molar-refractivity contribution in [2.45, 2.75) is 12.8 Å². The van der Waals surface area contributed by atoms with Gasteiger partial charge in [-0.25, -0.2) is 0 Å². The van der Waals surface area contributed by atoms with E-state index in [1.807, 2.05) is 24.4 Å². The number of nitrogens with one attached hydrogen (secondary N) is 1. The molecule has 0 spiro atoms. The van der Waals surface area contributed by atoms with Crippen molar-refractivity contribution >= 4 is 17.4 Å². The first-order valence-electron chi connectivity index (χ1n) is 8.30. The molecule has 124 valence electrons. The van der Waals surface area contributed by atoms with Crippen molar-refractivity contribution in [3.05, 3.63) is 46.1 Å². The molecule has 2 aliphatic rings. The van der Waals surface area contributed by atoms with Crippen LogP contribution in [-0.4, -0.2) is 61.9 Å². The van der Waals surface area contributed by atoms with Crippen LogP contribution in [0.2, 0.25) is 5.02 Å². The number of carbonyl (C=O) groups excluding carboxylic acids is 1. The van der Waals surface area contributed by atoms with E-state index in [1.54, 1.807) is 0 Å². The van der Waals surface area contributed by atoms with Gasteiger partial charge in [0.1, 0.15) is 0 Å². The predicted molar refractivity (Wildman–Crippen MR) is 94.1 cm³/mol. The molecule has 1 aliphatic heterocycles. The largest absolute Gasteiger partial charge is 0.391 e. The Bertz CT molecular complexity index is 606. The highest BCUT2D eigenvalue weighted by atomic mass is 35.5. The van der Waals surface area contributed by atoms with Gasteiger partial charge in [-0.05, 0) is 31.6 Å². The second kappa shape index (κ2) is 7.47. The molecule has 1 aromatic rings. The lowest BCUT2D eigenvalue weighted by molar-refractivity contribution is 0.103. The van der Waals surface area contributed by atoms with E-state index in [-0.39, 0.29) is 5.78 Å². The summed E-state index contributed by atoms with van der Waals surface area (Å²) in [6.07, 6.45) is 3.61. The number of nitrogens with zero attached hydrogens (tertiary/aromatic N) is 2. The van der Waals surface area contributed by atoms with E-state index >= 15 is 0 Å². The third-order valence-corrected chi connectivity index (χ3v) is 5.04. The second-order valence-electron chi connectivity index (χ2n) is 6.39. The van der Waals surface area contributed by atoms with Crippen LogP contribution in [0.1, 0.15) is 22.3 Å². The summed E-state index contributed by atoms with van der Waals surface area (Å²) in [6.45, 7) is 6.64. The molecule has 0 aromatic heterocycles. The molecule has 0 unspecified atom stereocenters. The van der Waals surface area contributed by atoms with Crippen LogP contribution in [-0.2, 0) is 6.42 Å². The fourth-order valence-electron chi connectivity index (χ4n) is 3.18. The van der Waals surface area contributed by atoms with Gasteiger partial charge in [-0.3, -0.25) is 4.79 Å². The Kier molecular flexibility index (Phi) is 5.36. The Labute approximate surface area is 143 Å². The highest BCUT2D eigenvalue weighted by Gasteiger charge is 2.26. The minimum atomic E-state index is 0.106. The fourth-order valence-corrected chi connectivity index (χ4v) is 3.42. The zero-order valence-electron chi connectivity index (χ0n) is 13.6. The number of hydrogen-bond acceptors (Lipinski definition) is 4.